The van der Waals surface area contributed by atoms with Crippen molar-refractivity contribution in [1.29, 1.82) is 0 Å². The molecule has 0 unspecified atom stereocenters. The fourth-order valence-electron chi connectivity index (χ4n) is 3.05. The maximum Gasteiger partial charge on any atom is 0.253 e. The van der Waals surface area contributed by atoms with Gasteiger partial charge in [0.05, 0.1) is 10.9 Å². The summed E-state index contributed by atoms with van der Waals surface area (Å²) in [5.41, 5.74) is 1.37. The minimum absolute atomic E-state index is 0.00360. The molecule has 7 nitrogen and oxygen atoms in total. The number of halogens is 1. The van der Waals surface area contributed by atoms with Crippen molar-refractivity contribution in [1.82, 2.24) is 14.5 Å². The largest absolute Gasteiger partial charge is 0.351 e. The summed E-state index contributed by atoms with van der Waals surface area (Å²) in [6.45, 7) is 1.44. The van der Waals surface area contributed by atoms with Crippen LogP contribution in [0.3, 0.4) is 0 Å². The zero-order chi connectivity index (χ0) is 21.0. The highest BCUT2D eigenvalue weighted by atomic mass is 35.5. The number of nitrogens with one attached hydrogen (secondary N) is 1. The average Bonchev–Trinajstić information content (AvgIpc) is 3.38. The Balaban J connectivity index is 1.56. The molecular formula is C19H22ClN3O4S2. The monoisotopic (exact) mass is 455 g/mol. The number of carbonyl (C=O) groups excluding carboxylic acids is 2. The van der Waals surface area contributed by atoms with Gasteiger partial charge in [-0.3, -0.25) is 9.59 Å². The second kappa shape index (κ2) is 9.25. The Bertz CT molecular complexity index is 1000. The van der Waals surface area contributed by atoms with Crippen LogP contribution in [0, 0.1) is 0 Å². The predicted octanol–water partition coefficient (Wildman–Crippen LogP) is 2.57. The van der Waals surface area contributed by atoms with Gasteiger partial charge in [-0.05, 0) is 42.7 Å². The lowest BCUT2D eigenvalue weighted by atomic mass is 10.1. The molecule has 1 saturated heterocycles. The number of hydrogen-bond acceptors (Lipinski definition) is 5. The van der Waals surface area contributed by atoms with E-state index in [1.165, 1.54) is 19.2 Å². The van der Waals surface area contributed by atoms with E-state index in [0.717, 1.165) is 47.1 Å². The minimum Gasteiger partial charge on any atom is -0.351 e. The summed E-state index contributed by atoms with van der Waals surface area (Å²) in [7, 11) is -2.42. The molecular weight excluding hydrogens is 434 g/mol. The van der Waals surface area contributed by atoms with E-state index >= 15 is 0 Å². The van der Waals surface area contributed by atoms with Gasteiger partial charge in [-0.25, -0.2) is 8.42 Å². The number of nitrogens with zero attached hydrogens (tertiary/aromatic N) is 2. The van der Waals surface area contributed by atoms with Gasteiger partial charge in [-0.2, -0.15) is 4.31 Å². The number of sulfonamides is 1. The van der Waals surface area contributed by atoms with E-state index in [9.17, 15) is 18.0 Å². The van der Waals surface area contributed by atoms with Crippen LogP contribution in [0.2, 0.25) is 4.34 Å². The maximum absolute atomic E-state index is 12.5. The van der Waals surface area contributed by atoms with E-state index in [1.54, 1.807) is 18.2 Å². The lowest BCUT2D eigenvalue weighted by Crippen LogP contribution is -2.37. The molecule has 156 valence electrons. The van der Waals surface area contributed by atoms with Gasteiger partial charge in [0.15, 0.2) is 0 Å². The number of likely N-dealkylation sites (tertiary alicyclic amines) is 1. The third-order valence-electron chi connectivity index (χ3n) is 4.64. The molecule has 1 aromatic heterocycles. The first-order chi connectivity index (χ1) is 13.8. The molecule has 0 radical (unpaired) electrons. The lowest BCUT2D eigenvalue weighted by Gasteiger charge is -2.17. The van der Waals surface area contributed by atoms with E-state index in [-0.39, 0.29) is 23.2 Å². The molecule has 1 aliphatic rings. The van der Waals surface area contributed by atoms with Crippen LogP contribution in [0.4, 0.5) is 0 Å². The summed E-state index contributed by atoms with van der Waals surface area (Å²) < 4.78 is 26.4. The van der Waals surface area contributed by atoms with Crippen LogP contribution in [0.15, 0.2) is 40.6 Å². The van der Waals surface area contributed by atoms with E-state index in [0.29, 0.717) is 9.90 Å². The minimum atomic E-state index is -3.77. The molecule has 0 aliphatic carbocycles. The molecule has 1 N–H and O–H groups in total. The van der Waals surface area contributed by atoms with E-state index in [2.05, 4.69) is 5.32 Å². The fourth-order valence-corrected chi connectivity index (χ4v) is 5.87. The number of benzene rings is 1. The van der Waals surface area contributed by atoms with Crippen molar-refractivity contribution in [2.75, 3.05) is 26.7 Å². The number of carbonyl (C=O) groups is 2. The number of amides is 2. The third kappa shape index (κ3) is 5.36. The van der Waals surface area contributed by atoms with Crippen molar-refractivity contribution in [3.63, 3.8) is 0 Å². The molecule has 3 rings (SSSR count). The predicted molar refractivity (Wildman–Crippen MR) is 113 cm³/mol. The quantitative estimate of drug-likeness (QED) is 0.695. The van der Waals surface area contributed by atoms with Crippen LogP contribution in [0.1, 0.15) is 28.8 Å². The Morgan fingerprint density at radius 1 is 1.21 bits per heavy atom. The average molecular weight is 456 g/mol. The Kier molecular flexibility index (Phi) is 6.94. The van der Waals surface area contributed by atoms with Crippen molar-refractivity contribution < 1.29 is 18.0 Å². The van der Waals surface area contributed by atoms with Crippen LogP contribution < -0.4 is 5.32 Å². The number of likely N-dealkylation sites (N-methyl/N-ethyl adjacent to an activating group) is 1. The molecule has 2 heterocycles. The molecule has 0 spiro atoms. The number of thiophene rings is 1. The highest BCUT2D eigenvalue weighted by Gasteiger charge is 2.24. The van der Waals surface area contributed by atoms with Gasteiger partial charge in [-0.15, -0.1) is 11.3 Å². The molecule has 2 amide bonds. The van der Waals surface area contributed by atoms with Gasteiger partial charge in [0.2, 0.25) is 5.91 Å². The molecule has 0 atom stereocenters. The standard InChI is InChI=1S/C19H22ClN3O4S2/c1-22(29(26,27)18-8-7-16(20)28-18)13-17(24)21-12-14-5-4-6-15(11-14)19(25)23-9-2-3-10-23/h4-8,11H,2-3,9-10,12-13H2,1H3,(H,21,24). The molecule has 2 aromatic rings. The van der Waals surface area contributed by atoms with Crippen LogP contribution in [0.5, 0.6) is 0 Å². The van der Waals surface area contributed by atoms with Gasteiger partial charge >= 0.3 is 0 Å². The molecule has 10 heteroatoms. The molecule has 1 aromatic carbocycles. The highest BCUT2D eigenvalue weighted by molar-refractivity contribution is 7.91. The highest BCUT2D eigenvalue weighted by Crippen LogP contribution is 2.27. The molecule has 1 aliphatic heterocycles. The summed E-state index contributed by atoms with van der Waals surface area (Å²) in [5.74, 6) is -0.439. The maximum atomic E-state index is 12.5. The van der Waals surface area contributed by atoms with E-state index in [1.807, 2.05) is 11.0 Å². The molecule has 1 fully saturated rings. The van der Waals surface area contributed by atoms with Crippen LogP contribution in [-0.2, 0) is 21.4 Å². The topological polar surface area (TPSA) is 86.8 Å². The summed E-state index contributed by atoms with van der Waals surface area (Å²) >= 11 is 6.74. The Hall–Kier alpha value is -1.94. The van der Waals surface area contributed by atoms with E-state index in [4.69, 9.17) is 11.6 Å². The Labute approximate surface area is 179 Å². The van der Waals surface area contributed by atoms with Crippen molar-refractivity contribution in [2.24, 2.45) is 0 Å². The number of rotatable bonds is 7. The van der Waals surface area contributed by atoms with Crippen LogP contribution in [0.25, 0.3) is 0 Å². The van der Waals surface area contributed by atoms with Crippen molar-refractivity contribution in [3.05, 3.63) is 51.9 Å². The fraction of sp³-hybridized carbons (Fsp3) is 0.368. The SMILES string of the molecule is CN(CC(=O)NCc1cccc(C(=O)N2CCCC2)c1)S(=O)(=O)c1ccc(Cl)s1. The van der Waals surface area contributed by atoms with Gasteiger partial charge in [0, 0.05) is 32.2 Å². The van der Waals surface area contributed by atoms with Crippen LogP contribution in [-0.4, -0.2) is 56.1 Å². The first kappa shape index (κ1) is 21.8. The third-order valence-corrected chi connectivity index (χ3v) is 8.14. The smallest absolute Gasteiger partial charge is 0.253 e. The molecule has 29 heavy (non-hydrogen) atoms. The Morgan fingerprint density at radius 3 is 2.59 bits per heavy atom. The van der Waals surface area contributed by atoms with Gasteiger partial charge < -0.3 is 10.2 Å². The first-order valence-corrected chi connectivity index (χ1v) is 11.8. The second-order valence-electron chi connectivity index (χ2n) is 6.80. The normalized spacial score (nSPS) is 14.4. The van der Waals surface area contributed by atoms with Crippen molar-refractivity contribution in [3.8, 4) is 0 Å². The van der Waals surface area contributed by atoms with Gasteiger partial charge in [-0.1, -0.05) is 23.7 Å². The summed E-state index contributed by atoms with van der Waals surface area (Å²) in [6.07, 6.45) is 2.05. The summed E-state index contributed by atoms with van der Waals surface area (Å²) in [4.78, 5) is 26.5. The first-order valence-electron chi connectivity index (χ1n) is 9.14. The van der Waals surface area contributed by atoms with E-state index < -0.39 is 15.9 Å². The van der Waals surface area contributed by atoms with Gasteiger partial charge in [0.25, 0.3) is 15.9 Å². The van der Waals surface area contributed by atoms with Crippen molar-refractivity contribution >= 4 is 44.8 Å². The number of hydrogen-bond donors (Lipinski definition) is 1. The van der Waals surface area contributed by atoms with Crippen molar-refractivity contribution in [2.45, 2.75) is 23.6 Å². The Morgan fingerprint density at radius 2 is 1.93 bits per heavy atom. The lowest BCUT2D eigenvalue weighted by molar-refractivity contribution is -0.121. The van der Waals surface area contributed by atoms with Crippen LogP contribution >= 0.6 is 22.9 Å². The van der Waals surface area contributed by atoms with Gasteiger partial charge in [0.1, 0.15) is 4.21 Å². The molecule has 0 bridgehead atoms. The second-order valence-corrected chi connectivity index (χ2v) is 10.8. The zero-order valence-electron chi connectivity index (χ0n) is 15.9. The summed E-state index contributed by atoms with van der Waals surface area (Å²) in [6, 6.07) is 10.0. The zero-order valence-corrected chi connectivity index (χ0v) is 18.3. The summed E-state index contributed by atoms with van der Waals surface area (Å²) in [5, 5.41) is 2.70. The molecule has 0 saturated carbocycles.